The number of sulfone groups is 1. The van der Waals surface area contributed by atoms with Crippen molar-refractivity contribution < 1.29 is 18.0 Å². The lowest BCUT2D eigenvalue weighted by atomic mass is 9.96. The number of nitrogens with zero attached hydrogens (tertiary/aromatic N) is 1. The summed E-state index contributed by atoms with van der Waals surface area (Å²) in [7, 11) is -3.33. The Balaban J connectivity index is 1.53. The fourth-order valence-corrected chi connectivity index (χ4v) is 6.98. The molecule has 1 atom stereocenters. The molecule has 0 saturated heterocycles. The number of aromatic nitrogens is 1. The predicted octanol–water partition coefficient (Wildman–Crippen LogP) is 5.00. The predicted molar refractivity (Wildman–Crippen MR) is 125 cm³/mol. The average Bonchev–Trinajstić information content (AvgIpc) is 3.68. The van der Waals surface area contributed by atoms with Crippen LogP contribution in [0, 0.1) is 5.92 Å². The molecule has 0 bridgehead atoms. The SMILES string of the molecule is O=C1CC[C@@H](/C=C(/C(=O)Nc2ncc(Cl)s2)c2ccc(S(=O)(=O)C3CC3)c(C3CC3)c2)C1. The van der Waals surface area contributed by atoms with Gasteiger partial charge in [0.05, 0.1) is 16.3 Å². The molecule has 9 heteroatoms. The van der Waals surface area contributed by atoms with Crippen LogP contribution in [0.2, 0.25) is 4.34 Å². The van der Waals surface area contributed by atoms with Gasteiger partial charge in [0.15, 0.2) is 15.0 Å². The number of allylic oxidation sites excluding steroid dienone is 1. The van der Waals surface area contributed by atoms with E-state index < -0.39 is 9.84 Å². The summed E-state index contributed by atoms with van der Waals surface area (Å²) in [5.74, 6) is 0.0631. The number of hydrogen-bond donors (Lipinski definition) is 1. The smallest absolute Gasteiger partial charge is 0.257 e. The van der Waals surface area contributed by atoms with Crippen molar-refractivity contribution in [3.05, 3.63) is 45.9 Å². The summed E-state index contributed by atoms with van der Waals surface area (Å²) in [4.78, 5) is 29.5. The van der Waals surface area contributed by atoms with Crippen LogP contribution in [-0.4, -0.2) is 30.3 Å². The molecule has 5 rings (SSSR count). The van der Waals surface area contributed by atoms with Gasteiger partial charge in [-0.25, -0.2) is 13.4 Å². The number of carbonyl (C=O) groups excluding carboxylic acids is 2. The first-order chi connectivity index (χ1) is 15.3. The van der Waals surface area contributed by atoms with Crippen molar-refractivity contribution in [2.45, 2.75) is 61.0 Å². The van der Waals surface area contributed by atoms with E-state index >= 15 is 0 Å². The van der Waals surface area contributed by atoms with Crippen molar-refractivity contribution >= 4 is 55.2 Å². The molecule has 3 saturated carbocycles. The zero-order valence-electron chi connectivity index (χ0n) is 17.3. The second kappa shape index (κ2) is 8.39. The first-order valence-electron chi connectivity index (χ1n) is 10.9. The molecular weight excluding hydrogens is 468 g/mol. The molecule has 168 valence electrons. The second-order valence-electron chi connectivity index (χ2n) is 8.82. The van der Waals surface area contributed by atoms with E-state index in [0.29, 0.717) is 57.6 Å². The number of amides is 1. The number of rotatable bonds is 7. The standard InChI is InChI=1S/C23H23ClN2O4S2/c24-21-12-25-23(31-21)26-22(28)19(10-13-1-5-16(27)9-13)15-4-8-20(18(11-15)14-2-3-14)32(29,30)17-6-7-17/h4,8,10-14,17H,1-3,5-7,9H2,(H,25,26,28)/b19-10+/t13-/m1/s1. The molecule has 1 aromatic carbocycles. The minimum Gasteiger partial charge on any atom is -0.300 e. The Kier molecular flexibility index (Phi) is 5.72. The van der Waals surface area contributed by atoms with Gasteiger partial charge in [-0.2, -0.15) is 0 Å². The molecule has 6 nitrogen and oxygen atoms in total. The van der Waals surface area contributed by atoms with E-state index in [2.05, 4.69) is 10.3 Å². The van der Waals surface area contributed by atoms with Crippen LogP contribution in [-0.2, 0) is 19.4 Å². The molecule has 0 spiro atoms. The molecule has 1 aromatic heterocycles. The third kappa shape index (κ3) is 4.54. The van der Waals surface area contributed by atoms with E-state index in [4.69, 9.17) is 11.6 Å². The third-order valence-electron chi connectivity index (χ3n) is 6.24. The minimum atomic E-state index is -3.33. The van der Waals surface area contributed by atoms with Crippen LogP contribution in [0.3, 0.4) is 0 Å². The fourth-order valence-electron chi connectivity index (χ4n) is 4.25. The Labute approximate surface area is 196 Å². The Morgan fingerprint density at radius 3 is 2.56 bits per heavy atom. The summed E-state index contributed by atoms with van der Waals surface area (Å²) < 4.78 is 26.4. The first kappa shape index (κ1) is 21.8. The van der Waals surface area contributed by atoms with Crippen LogP contribution in [0.15, 0.2) is 35.4 Å². The number of nitrogens with one attached hydrogen (secondary N) is 1. The summed E-state index contributed by atoms with van der Waals surface area (Å²) >= 11 is 7.11. The fraction of sp³-hybridized carbons (Fsp3) is 0.435. The van der Waals surface area contributed by atoms with Crippen LogP contribution in [0.1, 0.15) is 62.0 Å². The number of ketones is 1. The molecule has 1 amide bonds. The van der Waals surface area contributed by atoms with Gasteiger partial charge in [-0.15, -0.1) is 0 Å². The number of halogens is 1. The molecule has 3 fully saturated rings. The summed E-state index contributed by atoms with van der Waals surface area (Å²) in [5.41, 5.74) is 1.92. The highest BCUT2D eigenvalue weighted by Crippen LogP contribution is 2.46. The highest BCUT2D eigenvalue weighted by Gasteiger charge is 2.40. The van der Waals surface area contributed by atoms with Crippen molar-refractivity contribution in [3.8, 4) is 0 Å². The molecule has 1 N–H and O–H groups in total. The van der Waals surface area contributed by atoms with E-state index in [9.17, 15) is 18.0 Å². The van der Waals surface area contributed by atoms with E-state index in [1.165, 1.54) is 17.5 Å². The van der Waals surface area contributed by atoms with Crippen molar-refractivity contribution in [3.63, 3.8) is 0 Å². The maximum atomic E-state index is 13.2. The van der Waals surface area contributed by atoms with Crippen molar-refractivity contribution in [1.82, 2.24) is 4.98 Å². The molecule has 0 unspecified atom stereocenters. The Hall–Kier alpha value is -2.03. The quantitative estimate of drug-likeness (QED) is 0.551. The molecule has 32 heavy (non-hydrogen) atoms. The number of benzene rings is 1. The molecule has 0 aliphatic heterocycles. The van der Waals surface area contributed by atoms with E-state index in [1.54, 1.807) is 12.1 Å². The minimum absolute atomic E-state index is 0.0117. The van der Waals surface area contributed by atoms with E-state index in [1.807, 2.05) is 12.1 Å². The van der Waals surface area contributed by atoms with Crippen LogP contribution >= 0.6 is 22.9 Å². The lowest BCUT2D eigenvalue weighted by molar-refractivity contribution is -0.117. The van der Waals surface area contributed by atoms with Gasteiger partial charge in [0.2, 0.25) is 0 Å². The van der Waals surface area contributed by atoms with E-state index in [-0.39, 0.29) is 28.8 Å². The second-order valence-corrected chi connectivity index (χ2v) is 12.7. The largest absolute Gasteiger partial charge is 0.300 e. The van der Waals surface area contributed by atoms with Crippen LogP contribution in [0.25, 0.3) is 5.57 Å². The summed E-state index contributed by atoms with van der Waals surface area (Å²) in [5, 5.41) is 2.91. The average molecular weight is 491 g/mol. The number of hydrogen-bond acceptors (Lipinski definition) is 6. The molecule has 2 aromatic rings. The summed E-state index contributed by atoms with van der Waals surface area (Å²) in [6.07, 6.45) is 8.32. The van der Waals surface area contributed by atoms with Gasteiger partial charge in [0.25, 0.3) is 5.91 Å². The highest BCUT2D eigenvalue weighted by molar-refractivity contribution is 7.92. The van der Waals surface area contributed by atoms with Gasteiger partial charge in [-0.3, -0.25) is 14.9 Å². The van der Waals surface area contributed by atoms with Gasteiger partial charge in [0, 0.05) is 18.4 Å². The number of carbonyl (C=O) groups is 2. The molecular formula is C23H23ClN2O4S2. The lowest BCUT2D eigenvalue weighted by Gasteiger charge is -2.15. The van der Waals surface area contributed by atoms with Gasteiger partial charge in [-0.05, 0) is 67.2 Å². The molecule has 3 aliphatic carbocycles. The van der Waals surface area contributed by atoms with Gasteiger partial charge >= 0.3 is 0 Å². The van der Waals surface area contributed by atoms with Crippen molar-refractivity contribution in [2.24, 2.45) is 5.92 Å². The van der Waals surface area contributed by atoms with Crippen molar-refractivity contribution in [1.29, 1.82) is 0 Å². The lowest BCUT2D eigenvalue weighted by Crippen LogP contribution is -2.15. The van der Waals surface area contributed by atoms with Gasteiger partial charge in [0.1, 0.15) is 10.1 Å². The van der Waals surface area contributed by atoms with Crippen molar-refractivity contribution in [2.75, 3.05) is 5.32 Å². The monoisotopic (exact) mass is 490 g/mol. The molecule has 1 heterocycles. The molecule has 0 radical (unpaired) electrons. The summed E-state index contributed by atoms with van der Waals surface area (Å²) in [6, 6.07) is 5.25. The maximum absolute atomic E-state index is 13.2. The highest BCUT2D eigenvalue weighted by atomic mass is 35.5. The number of thiazole rings is 1. The maximum Gasteiger partial charge on any atom is 0.257 e. The van der Waals surface area contributed by atoms with Crippen LogP contribution < -0.4 is 5.32 Å². The topological polar surface area (TPSA) is 93.2 Å². The Bertz CT molecular complexity index is 1230. The van der Waals surface area contributed by atoms with E-state index in [0.717, 1.165) is 18.4 Å². The first-order valence-corrected chi connectivity index (χ1v) is 13.6. The zero-order chi connectivity index (χ0) is 22.5. The van der Waals surface area contributed by atoms with Gasteiger partial charge in [-0.1, -0.05) is 35.1 Å². The number of Topliss-reactive ketones (excluding diaryl/α,β-unsaturated/α-hetero) is 1. The van der Waals surface area contributed by atoms with Crippen LogP contribution in [0.5, 0.6) is 0 Å². The number of anilines is 1. The summed E-state index contributed by atoms with van der Waals surface area (Å²) in [6.45, 7) is 0. The third-order valence-corrected chi connectivity index (χ3v) is 9.60. The van der Waals surface area contributed by atoms with Gasteiger partial charge < -0.3 is 0 Å². The van der Waals surface area contributed by atoms with Crippen LogP contribution in [0.4, 0.5) is 5.13 Å². The Morgan fingerprint density at radius 2 is 1.97 bits per heavy atom. The molecule has 3 aliphatic rings. The zero-order valence-corrected chi connectivity index (χ0v) is 19.7. The Morgan fingerprint density at radius 1 is 1.19 bits per heavy atom. The normalized spacial score (nSPS) is 21.7.